The molecular weight excluding hydrogens is 336 g/mol. The molecule has 0 saturated heterocycles. The van der Waals surface area contributed by atoms with Crippen molar-refractivity contribution in [1.29, 1.82) is 0 Å². The summed E-state index contributed by atoms with van der Waals surface area (Å²) in [5.41, 5.74) is 0.627. The maximum atomic E-state index is 11.9. The number of hydrogen-bond acceptors (Lipinski definition) is 6. The second-order valence-corrected chi connectivity index (χ2v) is 5.50. The third-order valence-corrected chi connectivity index (χ3v) is 3.73. The maximum absolute atomic E-state index is 11.9. The Bertz CT molecular complexity index is 931. The normalized spacial score (nSPS) is 10.5. The molecule has 26 heavy (non-hydrogen) atoms. The molecule has 0 bridgehead atoms. The second kappa shape index (κ2) is 8.11. The van der Waals surface area contributed by atoms with Gasteiger partial charge in [-0.2, -0.15) is 4.98 Å². The van der Waals surface area contributed by atoms with Gasteiger partial charge in [0.05, 0.1) is 13.7 Å². The number of pyridine rings is 1. The highest BCUT2D eigenvalue weighted by atomic mass is 16.5. The van der Waals surface area contributed by atoms with E-state index in [-0.39, 0.29) is 24.4 Å². The number of carbonyl (C=O) groups excluding carboxylic acids is 1. The number of amides is 1. The molecule has 0 aliphatic heterocycles. The van der Waals surface area contributed by atoms with E-state index in [9.17, 15) is 9.59 Å². The van der Waals surface area contributed by atoms with Gasteiger partial charge in [0.2, 0.25) is 5.91 Å². The monoisotopic (exact) mass is 354 g/mol. The number of methoxy groups -OCH3 is 1. The minimum atomic E-state index is -0.198. The van der Waals surface area contributed by atoms with Crippen LogP contribution in [-0.2, 0) is 17.9 Å². The third-order valence-electron chi connectivity index (χ3n) is 3.73. The summed E-state index contributed by atoms with van der Waals surface area (Å²) in [5.74, 6) is 1.28. The van der Waals surface area contributed by atoms with Gasteiger partial charge in [-0.05, 0) is 30.3 Å². The number of rotatable bonds is 7. The molecule has 3 aromatic rings. The lowest BCUT2D eigenvalue weighted by Crippen LogP contribution is -2.26. The molecule has 0 aliphatic carbocycles. The Kier molecular flexibility index (Phi) is 5.43. The summed E-state index contributed by atoms with van der Waals surface area (Å²) in [4.78, 5) is 27.8. The Hall–Kier alpha value is -3.42. The predicted octanol–water partition coefficient (Wildman–Crippen LogP) is 1.61. The zero-order chi connectivity index (χ0) is 18.4. The van der Waals surface area contributed by atoms with Crippen molar-refractivity contribution in [1.82, 2.24) is 20.0 Å². The van der Waals surface area contributed by atoms with Crippen LogP contribution in [-0.4, -0.2) is 27.7 Å². The number of nitrogens with one attached hydrogen (secondary N) is 1. The Morgan fingerprint density at radius 3 is 2.77 bits per heavy atom. The van der Waals surface area contributed by atoms with Crippen molar-refractivity contribution < 1.29 is 14.1 Å². The molecule has 0 fully saturated rings. The van der Waals surface area contributed by atoms with Crippen LogP contribution >= 0.6 is 0 Å². The molecule has 1 amide bonds. The molecule has 134 valence electrons. The molecule has 2 heterocycles. The number of aryl methyl sites for hydroxylation is 1. The first-order valence-corrected chi connectivity index (χ1v) is 8.05. The molecular formula is C18H18N4O4. The number of nitrogens with zero attached hydrogens (tertiary/aromatic N) is 3. The molecule has 0 spiro atoms. The fourth-order valence-corrected chi connectivity index (χ4v) is 2.31. The van der Waals surface area contributed by atoms with E-state index in [0.717, 1.165) is 11.3 Å². The fourth-order valence-electron chi connectivity index (χ4n) is 2.31. The standard InChI is InChI=1S/C18H18N4O4/c1-25-14-7-5-13(6-8-14)18-20-15(21-26-18)12-19-16(23)9-11-22-10-3-2-4-17(22)24/h2-8,10H,9,11-12H2,1H3,(H,19,23). The van der Waals surface area contributed by atoms with Crippen LogP contribution in [0.15, 0.2) is 58.0 Å². The zero-order valence-electron chi connectivity index (χ0n) is 14.2. The van der Waals surface area contributed by atoms with E-state index in [1.54, 1.807) is 37.6 Å². The Morgan fingerprint density at radius 2 is 2.04 bits per heavy atom. The van der Waals surface area contributed by atoms with E-state index in [0.29, 0.717) is 18.3 Å². The molecule has 1 N–H and O–H groups in total. The van der Waals surface area contributed by atoms with Crippen molar-refractivity contribution in [3.8, 4) is 17.2 Å². The van der Waals surface area contributed by atoms with E-state index in [1.807, 2.05) is 12.1 Å². The highest BCUT2D eigenvalue weighted by Gasteiger charge is 2.10. The quantitative estimate of drug-likeness (QED) is 0.692. The summed E-state index contributed by atoms with van der Waals surface area (Å²) in [5, 5.41) is 6.56. The largest absolute Gasteiger partial charge is 0.497 e. The first-order valence-electron chi connectivity index (χ1n) is 8.05. The van der Waals surface area contributed by atoms with Crippen LogP contribution < -0.4 is 15.6 Å². The van der Waals surface area contributed by atoms with E-state index >= 15 is 0 Å². The minimum Gasteiger partial charge on any atom is -0.497 e. The maximum Gasteiger partial charge on any atom is 0.257 e. The lowest BCUT2D eigenvalue weighted by Gasteiger charge is -2.05. The van der Waals surface area contributed by atoms with Gasteiger partial charge in [0.1, 0.15) is 5.75 Å². The van der Waals surface area contributed by atoms with E-state index in [2.05, 4.69) is 15.5 Å². The summed E-state index contributed by atoms with van der Waals surface area (Å²) in [6.07, 6.45) is 1.84. The first kappa shape index (κ1) is 17.4. The van der Waals surface area contributed by atoms with Crippen molar-refractivity contribution in [3.05, 3.63) is 64.8 Å². The van der Waals surface area contributed by atoms with E-state index in [4.69, 9.17) is 9.26 Å². The summed E-state index contributed by atoms with van der Waals surface area (Å²) in [7, 11) is 1.59. The average molecular weight is 354 g/mol. The van der Waals surface area contributed by atoms with Gasteiger partial charge in [-0.1, -0.05) is 11.2 Å². The molecule has 0 aliphatic rings. The molecule has 0 atom stereocenters. The summed E-state index contributed by atoms with van der Waals surface area (Å²) in [6, 6.07) is 12.1. The van der Waals surface area contributed by atoms with Gasteiger partial charge >= 0.3 is 0 Å². The average Bonchev–Trinajstić information content (AvgIpc) is 3.15. The molecule has 8 heteroatoms. The lowest BCUT2D eigenvalue weighted by molar-refractivity contribution is -0.121. The lowest BCUT2D eigenvalue weighted by atomic mass is 10.2. The van der Waals surface area contributed by atoms with E-state index < -0.39 is 0 Å². The van der Waals surface area contributed by atoms with Gasteiger partial charge in [-0.3, -0.25) is 9.59 Å². The van der Waals surface area contributed by atoms with E-state index in [1.165, 1.54) is 10.6 Å². The van der Waals surface area contributed by atoms with Gasteiger partial charge in [0, 0.05) is 30.8 Å². The van der Waals surface area contributed by atoms with Gasteiger partial charge in [0.15, 0.2) is 5.82 Å². The molecule has 0 unspecified atom stereocenters. The highest BCUT2D eigenvalue weighted by molar-refractivity contribution is 5.75. The van der Waals surface area contributed by atoms with Crippen LogP contribution in [0.2, 0.25) is 0 Å². The van der Waals surface area contributed by atoms with Gasteiger partial charge in [0.25, 0.3) is 11.4 Å². The molecule has 3 rings (SSSR count). The second-order valence-electron chi connectivity index (χ2n) is 5.50. The highest BCUT2D eigenvalue weighted by Crippen LogP contribution is 2.20. The summed E-state index contributed by atoms with van der Waals surface area (Å²) in [6.45, 7) is 0.469. The fraction of sp³-hybridized carbons (Fsp3) is 0.222. The zero-order valence-corrected chi connectivity index (χ0v) is 14.2. The first-order chi connectivity index (χ1) is 12.7. The Balaban J connectivity index is 1.52. The number of carbonyl (C=O) groups is 1. The summed E-state index contributed by atoms with van der Waals surface area (Å²) < 4.78 is 11.8. The van der Waals surface area contributed by atoms with Crippen LogP contribution in [0, 0.1) is 0 Å². The number of aromatic nitrogens is 3. The smallest absolute Gasteiger partial charge is 0.257 e. The summed E-state index contributed by atoms with van der Waals surface area (Å²) >= 11 is 0. The number of ether oxygens (including phenoxy) is 1. The SMILES string of the molecule is COc1ccc(-c2nc(CNC(=O)CCn3ccccc3=O)no2)cc1. The number of benzene rings is 1. The molecule has 2 aromatic heterocycles. The van der Waals surface area contributed by atoms with Crippen LogP contribution in [0.25, 0.3) is 11.5 Å². The van der Waals surface area contributed by atoms with Crippen molar-refractivity contribution in [2.75, 3.05) is 7.11 Å². The molecule has 0 saturated carbocycles. The molecule has 8 nitrogen and oxygen atoms in total. The molecule has 1 aromatic carbocycles. The topological polar surface area (TPSA) is 99.2 Å². The Labute approximate surface area is 149 Å². The van der Waals surface area contributed by atoms with Crippen LogP contribution in [0.3, 0.4) is 0 Å². The van der Waals surface area contributed by atoms with Crippen molar-refractivity contribution in [3.63, 3.8) is 0 Å². The van der Waals surface area contributed by atoms with Crippen LogP contribution in [0.5, 0.6) is 5.75 Å². The Morgan fingerprint density at radius 1 is 1.23 bits per heavy atom. The van der Waals surface area contributed by atoms with Gasteiger partial charge in [-0.15, -0.1) is 0 Å². The van der Waals surface area contributed by atoms with Crippen LogP contribution in [0.4, 0.5) is 0 Å². The van der Waals surface area contributed by atoms with Crippen molar-refractivity contribution in [2.24, 2.45) is 0 Å². The van der Waals surface area contributed by atoms with Crippen molar-refractivity contribution in [2.45, 2.75) is 19.5 Å². The minimum absolute atomic E-state index is 0.136. The third kappa shape index (κ3) is 4.35. The van der Waals surface area contributed by atoms with Gasteiger partial charge in [-0.25, -0.2) is 0 Å². The van der Waals surface area contributed by atoms with Crippen molar-refractivity contribution >= 4 is 5.91 Å². The molecule has 0 radical (unpaired) electrons. The van der Waals surface area contributed by atoms with Gasteiger partial charge < -0.3 is 19.1 Å². The van der Waals surface area contributed by atoms with Crippen LogP contribution in [0.1, 0.15) is 12.2 Å². The number of hydrogen-bond donors (Lipinski definition) is 1. The predicted molar refractivity (Wildman–Crippen MR) is 93.5 cm³/mol.